The van der Waals surface area contributed by atoms with Crippen LogP contribution >= 0.6 is 0 Å². The molecule has 0 atom stereocenters. The SMILES string of the molecule is CCCOc1ccc2ccccc2c1CNc1nnnn1C. The molecule has 0 radical (unpaired) electrons. The Labute approximate surface area is 129 Å². The van der Waals surface area contributed by atoms with E-state index < -0.39 is 0 Å². The van der Waals surface area contributed by atoms with Gasteiger partial charge in [0.05, 0.1) is 6.61 Å². The highest BCUT2D eigenvalue weighted by Gasteiger charge is 2.10. The van der Waals surface area contributed by atoms with Crippen LogP contribution in [-0.4, -0.2) is 26.8 Å². The normalized spacial score (nSPS) is 10.8. The van der Waals surface area contributed by atoms with E-state index >= 15 is 0 Å². The number of fused-ring (bicyclic) bond motifs is 1. The first-order valence-electron chi connectivity index (χ1n) is 7.39. The molecule has 0 aliphatic heterocycles. The van der Waals surface area contributed by atoms with Crippen LogP contribution in [0.3, 0.4) is 0 Å². The van der Waals surface area contributed by atoms with Gasteiger partial charge in [-0.25, -0.2) is 4.68 Å². The van der Waals surface area contributed by atoms with Crippen molar-refractivity contribution in [3.63, 3.8) is 0 Å². The molecule has 0 saturated carbocycles. The molecule has 2 aromatic carbocycles. The quantitative estimate of drug-likeness (QED) is 0.758. The Morgan fingerprint density at radius 1 is 1.18 bits per heavy atom. The fraction of sp³-hybridized carbons (Fsp3) is 0.312. The lowest BCUT2D eigenvalue weighted by Gasteiger charge is -2.14. The number of anilines is 1. The van der Waals surface area contributed by atoms with Crippen LogP contribution in [0.25, 0.3) is 10.8 Å². The number of ether oxygens (including phenoxy) is 1. The van der Waals surface area contributed by atoms with Crippen molar-refractivity contribution in [3.8, 4) is 5.75 Å². The maximum absolute atomic E-state index is 5.90. The van der Waals surface area contributed by atoms with E-state index in [1.165, 1.54) is 10.8 Å². The molecule has 0 amide bonds. The van der Waals surface area contributed by atoms with Crippen LogP contribution in [0.2, 0.25) is 0 Å². The molecule has 1 heterocycles. The highest BCUT2D eigenvalue weighted by Crippen LogP contribution is 2.28. The fourth-order valence-corrected chi connectivity index (χ4v) is 2.39. The summed E-state index contributed by atoms with van der Waals surface area (Å²) in [5.74, 6) is 1.54. The van der Waals surface area contributed by atoms with Crippen molar-refractivity contribution in [2.45, 2.75) is 19.9 Å². The van der Waals surface area contributed by atoms with Gasteiger partial charge in [-0.05, 0) is 33.7 Å². The third-order valence-electron chi connectivity index (χ3n) is 3.50. The number of nitrogens with zero attached hydrogens (tertiary/aromatic N) is 4. The molecule has 0 aliphatic carbocycles. The maximum atomic E-state index is 5.90. The van der Waals surface area contributed by atoms with E-state index in [9.17, 15) is 0 Å². The Morgan fingerprint density at radius 3 is 2.82 bits per heavy atom. The van der Waals surface area contributed by atoms with E-state index in [0.717, 1.165) is 17.7 Å². The van der Waals surface area contributed by atoms with Crippen LogP contribution in [0, 0.1) is 0 Å². The van der Waals surface area contributed by atoms with E-state index in [0.29, 0.717) is 19.1 Å². The fourth-order valence-electron chi connectivity index (χ4n) is 2.39. The second-order valence-corrected chi connectivity index (χ2v) is 5.09. The third kappa shape index (κ3) is 2.86. The van der Waals surface area contributed by atoms with Gasteiger partial charge in [0.25, 0.3) is 0 Å². The molecule has 0 spiro atoms. The summed E-state index contributed by atoms with van der Waals surface area (Å²) < 4.78 is 7.50. The molecule has 6 nitrogen and oxygen atoms in total. The molecule has 0 aliphatic rings. The molecule has 22 heavy (non-hydrogen) atoms. The van der Waals surface area contributed by atoms with Gasteiger partial charge < -0.3 is 10.1 Å². The van der Waals surface area contributed by atoms with Gasteiger partial charge in [0.15, 0.2) is 0 Å². The molecular formula is C16H19N5O. The van der Waals surface area contributed by atoms with Crippen molar-refractivity contribution in [1.82, 2.24) is 20.2 Å². The number of tetrazole rings is 1. The van der Waals surface area contributed by atoms with E-state index in [-0.39, 0.29) is 0 Å². The summed E-state index contributed by atoms with van der Waals surface area (Å²) in [6, 6.07) is 12.4. The van der Waals surface area contributed by atoms with Crippen LogP contribution in [0.5, 0.6) is 5.75 Å². The van der Waals surface area contributed by atoms with E-state index in [4.69, 9.17) is 4.74 Å². The maximum Gasteiger partial charge on any atom is 0.242 e. The number of hydrogen-bond acceptors (Lipinski definition) is 5. The molecule has 3 rings (SSSR count). The minimum atomic E-state index is 0.606. The van der Waals surface area contributed by atoms with Crippen molar-refractivity contribution in [2.75, 3.05) is 11.9 Å². The van der Waals surface area contributed by atoms with Crippen LogP contribution in [0.1, 0.15) is 18.9 Å². The molecule has 114 valence electrons. The summed E-state index contributed by atoms with van der Waals surface area (Å²) in [6.45, 7) is 3.41. The zero-order valence-corrected chi connectivity index (χ0v) is 12.8. The first-order valence-corrected chi connectivity index (χ1v) is 7.39. The molecular weight excluding hydrogens is 278 g/mol. The second kappa shape index (κ2) is 6.43. The summed E-state index contributed by atoms with van der Waals surface area (Å²) in [6.07, 6.45) is 0.979. The smallest absolute Gasteiger partial charge is 0.242 e. The summed E-state index contributed by atoms with van der Waals surface area (Å²) in [5.41, 5.74) is 1.12. The van der Waals surface area contributed by atoms with Crippen molar-refractivity contribution < 1.29 is 4.74 Å². The minimum Gasteiger partial charge on any atom is -0.493 e. The zero-order valence-electron chi connectivity index (χ0n) is 12.8. The van der Waals surface area contributed by atoms with Crippen molar-refractivity contribution in [3.05, 3.63) is 42.0 Å². The molecule has 6 heteroatoms. The van der Waals surface area contributed by atoms with Crippen LogP contribution in [-0.2, 0) is 13.6 Å². The summed E-state index contributed by atoms with van der Waals surface area (Å²) in [7, 11) is 1.81. The first kappa shape index (κ1) is 14.3. The Morgan fingerprint density at radius 2 is 2.05 bits per heavy atom. The number of rotatable bonds is 6. The number of aryl methyl sites for hydroxylation is 1. The predicted octanol–water partition coefficient (Wildman–Crippen LogP) is 2.76. The monoisotopic (exact) mass is 297 g/mol. The van der Waals surface area contributed by atoms with Crippen molar-refractivity contribution >= 4 is 16.7 Å². The summed E-state index contributed by atoms with van der Waals surface area (Å²) in [5, 5.41) is 17.1. The van der Waals surface area contributed by atoms with Crippen LogP contribution in [0.4, 0.5) is 5.95 Å². The average molecular weight is 297 g/mol. The number of aromatic nitrogens is 4. The molecule has 3 aromatic rings. The van der Waals surface area contributed by atoms with Gasteiger partial charge in [-0.1, -0.05) is 42.4 Å². The highest BCUT2D eigenvalue weighted by molar-refractivity contribution is 5.88. The standard InChI is InChI=1S/C16H19N5O/c1-3-10-22-15-9-8-12-6-4-5-7-13(12)14(15)11-17-16-18-19-20-21(16)2/h4-9H,3,10-11H2,1-2H3,(H,17,18,20). The van der Waals surface area contributed by atoms with Gasteiger partial charge in [-0.3, -0.25) is 0 Å². The third-order valence-corrected chi connectivity index (χ3v) is 3.50. The van der Waals surface area contributed by atoms with Crippen molar-refractivity contribution in [2.24, 2.45) is 7.05 Å². The highest BCUT2D eigenvalue weighted by atomic mass is 16.5. The van der Waals surface area contributed by atoms with Gasteiger partial charge in [-0.15, -0.1) is 0 Å². The zero-order chi connectivity index (χ0) is 15.4. The topological polar surface area (TPSA) is 64.9 Å². The Bertz CT molecular complexity index is 768. The molecule has 0 bridgehead atoms. The van der Waals surface area contributed by atoms with E-state index in [2.05, 4.69) is 46.0 Å². The Hall–Kier alpha value is -2.63. The van der Waals surface area contributed by atoms with Gasteiger partial charge in [-0.2, -0.15) is 0 Å². The number of hydrogen-bond donors (Lipinski definition) is 1. The van der Waals surface area contributed by atoms with Gasteiger partial charge in [0, 0.05) is 19.2 Å². The first-order chi connectivity index (χ1) is 10.8. The molecule has 0 fully saturated rings. The second-order valence-electron chi connectivity index (χ2n) is 5.09. The molecule has 0 saturated heterocycles. The molecule has 1 N–H and O–H groups in total. The van der Waals surface area contributed by atoms with E-state index in [1.807, 2.05) is 18.2 Å². The van der Waals surface area contributed by atoms with E-state index in [1.54, 1.807) is 11.7 Å². The molecule has 0 unspecified atom stereocenters. The lowest BCUT2D eigenvalue weighted by atomic mass is 10.0. The van der Waals surface area contributed by atoms with Gasteiger partial charge in [0.1, 0.15) is 5.75 Å². The largest absolute Gasteiger partial charge is 0.493 e. The number of benzene rings is 2. The van der Waals surface area contributed by atoms with Crippen LogP contribution in [0.15, 0.2) is 36.4 Å². The lowest BCUT2D eigenvalue weighted by Crippen LogP contribution is -2.08. The average Bonchev–Trinajstić information content (AvgIpc) is 2.96. The van der Waals surface area contributed by atoms with Gasteiger partial charge in [0.2, 0.25) is 5.95 Å². The number of nitrogens with one attached hydrogen (secondary N) is 1. The Balaban J connectivity index is 1.94. The summed E-state index contributed by atoms with van der Waals surface area (Å²) in [4.78, 5) is 0. The molecule has 1 aromatic heterocycles. The summed E-state index contributed by atoms with van der Waals surface area (Å²) >= 11 is 0. The Kier molecular flexibility index (Phi) is 4.18. The van der Waals surface area contributed by atoms with Crippen LogP contribution < -0.4 is 10.1 Å². The minimum absolute atomic E-state index is 0.606. The predicted molar refractivity (Wildman–Crippen MR) is 85.9 cm³/mol. The lowest BCUT2D eigenvalue weighted by molar-refractivity contribution is 0.315. The van der Waals surface area contributed by atoms with Gasteiger partial charge >= 0.3 is 0 Å². The van der Waals surface area contributed by atoms with Crippen molar-refractivity contribution in [1.29, 1.82) is 0 Å².